The van der Waals surface area contributed by atoms with Crippen LogP contribution >= 0.6 is 0 Å². The van der Waals surface area contributed by atoms with E-state index in [2.05, 4.69) is 45.3 Å². The predicted molar refractivity (Wildman–Crippen MR) is 113 cm³/mol. The second kappa shape index (κ2) is 9.68. The number of nitrogen functional groups attached to an aromatic ring is 1. The van der Waals surface area contributed by atoms with Gasteiger partial charge >= 0.3 is 12.0 Å². The van der Waals surface area contributed by atoms with Crippen molar-refractivity contribution < 1.29 is 18.9 Å². The van der Waals surface area contributed by atoms with Crippen LogP contribution in [-0.4, -0.2) is 57.6 Å². The summed E-state index contributed by atoms with van der Waals surface area (Å²) in [6.07, 6.45) is 4.80. The fourth-order valence-electron chi connectivity index (χ4n) is 3.04. The number of hydrogen-bond acceptors (Lipinski definition) is 12. The number of nitrogens with one attached hydrogen (secondary N) is 1. The molecule has 32 heavy (non-hydrogen) atoms. The lowest BCUT2D eigenvalue weighted by Crippen LogP contribution is -2.31. The van der Waals surface area contributed by atoms with Gasteiger partial charge in [-0.1, -0.05) is 12.1 Å². The molecule has 1 aliphatic rings. The van der Waals surface area contributed by atoms with E-state index in [1.807, 2.05) is 0 Å². The highest BCUT2D eigenvalue weighted by atomic mass is 16.6. The van der Waals surface area contributed by atoms with Gasteiger partial charge in [-0.15, -0.1) is 4.98 Å². The van der Waals surface area contributed by atoms with Crippen LogP contribution in [0, 0.1) is 0 Å². The maximum absolute atomic E-state index is 11.9. The Labute approximate surface area is 182 Å². The number of hydrogen-bond donors (Lipinski definition) is 2. The number of nitrogens with zero attached hydrogens (tertiary/aromatic N) is 7. The largest absolute Gasteiger partial charge is 0.467 e. The second-order valence-electron chi connectivity index (χ2n) is 6.82. The van der Waals surface area contributed by atoms with Crippen molar-refractivity contribution in [3.05, 3.63) is 35.5 Å². The maximum Gasteiger partial charge on any atom is 0.330 e. The van der Waals surface area contributed by atoms with Crippen LogP contribution < -0.4 is 25.5 Å². The van der Waals surface area contributed by atoms with Crippen LogP contribution in [0.2, 0.25) is 0 Å². The molecule has 4 rings (SSSR count). The minimum absolute atomic E-state index is 0.119. The summed E-state index contributed by atoms with van der Waals surface area (Å²) in [5.41, 5.74) is 8.28. The average Bonchev–Trinajstić information content (AvgIpc) is 3.25. The summed E-state index contributed by atoms with van der Waals surface area (Å²) in [4.78, 5) is 26.9. The number of ether oxygens (including phenoxy) is 2. The number of amides is 1. The summed E-state index contributed by atoms with van der Waals surface area (Å²) in [6, 6.07) is 7.29. The van der Waals surface area contributed by atoms with Gasteiger partial charge in [0, 0.05) is 13.1 Å². The van der Waals surface area contributed by atoms with E-state index < -0.39 is 5.91 Å². The van der Waals surface area contributed by atoms with Gasteiger partial charge in [-0.3, -0.25) is 4.79 Å². The Morgan fingerprint density at radius 1 is 1.19 bits per heavy atom. The minimum atomic E-state index is -0.644. The van der Waals surface area contributed by atoms with Gasteiger partial charge in [-0.05, 0) is 47.3 Å². The van der Waals surface area contributed by atoms with Gasteiger partial charge < -0.3 is 20.1 Å². The zero-order chi connectivity index (χ0) is 22.3. The predicted octanol–water partition coefficient (Wildman–Crippen LogP) is 1.39. The minimum Gasteiger partial charge on any atom is -0.467 e. The maximum atomic E-state index is 11.9. The van der Waals surface area contributed by atoms with E-state index in [0.29, 0.717) is 17.3 Å². The number of anilines is 2. The molecule has 13 heteroatoms. The van der Waals surface area contributed by atoms with Gasteiger partial charge in [-0.25, -0.2) is 10.1 Å². The standard InChI is InChI=1S/C19H21N9O4/c1-30-18-22-17(28-8-3-2-4-9-28)23-19(24-18)31-13-7-5-6-12(10-13)11-21-25-16(29)14-15(20)27-32-26-14/h5-7,10-11H,2-4,8-9H2,1H3,(H2,20,27)(H,25,29)/b21-11-. The van der Waals surface area contributed by atoms with E-state index in [1.165, 1.54) is 19.7 Å². The molecule has 0 saturated carbocycles. The van der Waals surface area contributed by atoms with Gasteiger partial charge in [0.2, 0.25) is 17.5 Å². The number of carbonyl (C=O) groups is 1. The first-order chi connectivity index (χ1) is 15.6. The highest BCUT2D eigenvalue weighted by Crippen LogP contribution is 2.24. The Kier molecular flexibility index (Phi) is 6.34. The molecule has 0 aliphatic carbocycles. The second-order valence-corrected chi connectivity index (χ2v) is 6.82. The number of carbonyl (C=O) groups excluding carboxylic acids is 1. The van der Waals surface area contributed by atoms with E-state index in [0.717, 1.165) is 25.9 Å². The zero-order valence-corrected chi connectivity index (χ0v) is 17.3. The SMILES string of the molecule is COc1nc(Oc2cccc(/C=N\NC(=O)c3nonc3N)c2)nc(N2CCCCC2)n1. The molecule has 0 unspecified atom stereocenters. The van der Waals surface area contributed by atoms with Gasteiger partial charge in [0.05, 0.1) is 13.3 Å². The average molecular weight is 439 g/mol. The van der Waals surface area contributed by atoms with Crippen LogP contribution in [0.1, 0.15) is 35.3 Å². The van der Waals surface area contributed by atoms with Crippen molar-refractivity contribution in [3.8, 4) is 17.8 Å². The van der Waals surface area contributed by atoms with E-state index in [4.69, 9.17) is 15.2 Å². The van der Waals surface area contributed by atoms with Crippen LogP contribution in [0.5, 0.6) is 17.8 Å². The van der Waals surface area contributed by atoms with Crippen molar-refractivity contribution in [2.45, 2.75) is 19.3 Å². The number of benzene rings is 1. The molecule has 1 amide bonds. The summed E-state index contributed by atoms with van der Waals surface area (Å²) < 4.78 is 15.4. The number of hydrazone groups is 1. The summed E-state index contributed by atoms with van der Waals surface area (Å²) in [5, 5.41) is 10.6. The molecule has 166 valence electrons. The third kappa shape index (κ3) is 5.06. The van der Waals surface area contributed by atoms with Gasteiger partial charge in [-0.2, -0.15) is 15.1 Å². The van der Waals surface area contributed by atoms with Crippen molar-refractivity contribution in [1.29, 1.82) is 0 Å². The van der Waals surface area contributed by atoms with Gasteiger partial charge in [0.1, 0.15) is 5.75 Å². The summed E-state index contributed by atoms with van der Waals surface area (Å²) in [5.74, 6) is 0.233. The van der Waals surface area contributed by atoms with Crippen molar-refractivity contribution in [1.82, 2.24) is 30.7 Å². The van der Waals surface area contributed by atoms with Crippen molar-refractivity contribution in [2.75, 3.05) is 30.8 Å². The molecule has 13 nitrogen and oxygen atoms in total. The lowest BCUT2D eigenvalue weighted by molar-refractivity contribution is 0.0946. The zero-order valence-electron chi connectivity index (χ0n) is 17.3. The third-order valence-corrected chi connectivity index (χ3v) is 4.58. The van der Waals surface area contributed by atoms with Crippen molar-refractivity contribution >= 4 is 23.9 Å². The molecule has 3 aromatic rings. The molecule has 0 spiro atoms. The molecule has 1 saturated heterocycles. The van der Waals surface area contributed by atoms with Crippen molar-refractivity contribution in [2.24, 2.45) is 5.10 Å². The molecular formula is C19H21N9O4. The Morgan fingerprint density at radius 3 is 2.75 bits per heavy atom. The summed E-state index contributed by atoms with van der Waals surface area (Å²) in [7, 11) is 1.49. The molecule has 1 aromatic carbocycles. The fourth-order valence-corrected chi connectivity index (χ4v) is 3.04. The highest BCUT2D eigenvalue weighted by Gasteiger charge is 2.18. The Balaban J connectivity index is 1.45. The number of nitrogens with two attached hydrogens (primary N) is 1. The van der Waals surface area contributed by atoms with E-state index in [-0.39, 0.29) is 23.5 Å². The van der Waals surface area contributed by atoms with Crippen LogP contribution in [0.4, 0.5) is 11.8 Å². The Bertz CT molecular complexity index is 1110. The van der Waals surface area contributed by atoms with Gasteiger partial charge in [0.15, 0.2) is 0 Å². The summed E-state index contributed by atoms with van der Waals surface area (Å²) in [6.45, 7) is 1.75. The van der Waals surface area contributed by atoms with E-state index in [9.17, 15) is 4.79 Å². The number of rotatable bonds is 7. The molecular weight excluding hydrogens is 418 g/mol. The Hall–Kier alpha value is -4.29. The van der Waals surface area contributed by atoms with Crippen molar-refractivity contribution in [3.63, 3.8) is 0 Å². The van der Waals surface area contributed by atoms with Gasteiger partial charge in [0.25, 0.3) is 5.91 Å². The number of aromatic nitrogens is 5. The smallest absolute Gasteiger partial charge is 0.330 e. The van der Waals surface area contributed by atoms with Crippen LogP contribution in [0.3, 0.4) is 0 Å². The van der Waals surface area contributed by atoms with E-state index >= 15 is 0 Å². The highest BCUT2D eigenvalue weighted by molar-refractivity contribution is 5.96. The monoisotopic (exact) mass is 439 g/mol. The summed E-state index contributed by atoms with van der Waals surface area (Å²) >= 11 is 0. The molecule has 2 aromatic heterocycles. The fraction of sp³-hybridized carbons (Fsp3) is 0.316. The van der Waals surface area contributed by atoms with Crippen LogP contribution in [-0.2, 0) is 0 Å². The molecule has 1 aliphatic heterocycles. The molecule has 0 radical (unpaired) electrons. The molecule has 0 atom stereocenters. The third-order valence-electron chi connectivity index (χ3n) is 4.58. The first-order valence-electron chi connectivity index (χ1n) is 9.87. The topological polar surface area (TPSA) is 167 Å². The molecule has 1 fully saturated rings. The number of methoxy groups -OCH3 is 1. The molecule has 3 heterocycles. The lowest BCUT2D eigenvalue weighted by Gasteiger charge is -2.26. The van der Waals surface area contributed by atoms with Crippen LogP contribution in [0.25, 0.3) is 0 Å². The Morgan fingerprint density at radius 2 is 2.00 bits per heavy atom. The first kappa shape index (κ1) is 21.0. The molecule has 0 bridgehead atoms. The first-order valence-corrected chi connectivity index (χ1v) is 9.87. The number of piperidine rings is 1. The van der Waals surface area contributed by atoms with E-state index in [1.54, 1.807) is 24.3 Å². The van der Waals surface area contributed by atoms with Crippen LogP contribution in [0.15, 0.2) is 34.0 Å². The quantitative estimate of drug-likeness (QED) is 0.403. The normalized spacial score (nSPS) is 13.8. The lowest BCUT2D eigenvalue weighted by atomic mass is 10.1. The molecule has 3 N–H and O–H groups in total.